The summed E-state index contributed by atoms with van der Waals surface area (Å²) in [6.07, 6.45) is 4.02. The minimum atomic E-state index is -0.0738. The predicted octanol–water partition coefficient (Wildman–Crippen LogP) is 5.02. The number of aryl methyl sites for hydroxylation is 1. The van der Waals surface area contributed by atoms with Gasteiger partial charge in [-0.1, -0.05) is 54.1 Å². The van der Waals surface area contributed by atoms with E-state index in [0.717, 1.165) is 48.2 Å². The first kappa shape index (κ1) is 22.6. The Labute approximate surface area is 193 Å². The van der Waals surface area contributed by atoms with Crippen LogP contribution in [0.2, 0.25) is 0 Å². The molecule has 1 aromatic heterocycles. The zero-order valence-electron chi connectivity index (χ0n) is 18.6. The maximum Gasteiger partial charge on any atom is 0.308 e. The number of thioether (sulfide) groups is 1. The third-order valence-electron chi connectivity index (χ3n) is 5.88. The highest BCUT2D eigenvalue weighted by Crippen LogP contribution is 2.37. The van der Waals surface area contributed by atoms with Crippen LogP contribution in [0.4, 0.5) is 0 Å². The lowest BCUT2D eigenvalue weighted by Gasteiger charge is -2.27. The van der Waals surface area contributed by atoms with Crippen molar-refractivity contribution in [1.82, 2.24) is 15.0 Å². The first-order chi connectivity index (χ1) is 15.6. The van der Waals surface area contributed by atoms with E-state index in [9.17, 15) is 4.79 Å². The fraction of sp³-hybridized carbons (Fsp3) is 0.400. The third-order valence-corrected chi connectivity index (χ3v) is 7.19. The van der Waals surface area contributed by atoms with Crippen molar-refractivity contribution in [2.75, 3.05) is 7.11 Å². The van der Waals surface area contributed by atoms with Crippen LogP contribution >= 0.6 is 11.8 Å². The van der Waals surface area contributed by atoms with Gasteiger partial charge in [0.15, 0.2) is 0 Å². The SMILES string of the molecule is COC(=O)[C@H]1CCC[C@H](Sc2ccc(-c3nnn(C)c3COCc3ccccc3)cc2)C1. The number of esters is 1. The van der Waals surface area contributed by atoms with E-state index in [4.69, 9.17) is 9.47 Å². The van der Waals surface area contributed by atoms with Crippen LogP contribution in [0.3, 0.4) is 0 Å². The highest BCUT2D eigenvalue weighted by Gasteiger charge is 2.28. The van der Waals surface area contributed by atoms with Crippen molar-refractivity contribution >= 4 is 17.7 Å². The predicted molar refractivity (Wildman–Crippen MR) is 125 cm³/mol. The molecule has 0 amide bonds. The topological polar surface area (TPSA) is 66.2 Å². The van der Waals surface area contributed by atoms with Crippen LogP contribution < -0.4 is 0 Å². The second kappa shape index (κ2) is 10.8. The molecule has 168 valence electrons. The lowest BCUT2D eigenvalue weighted by atomic mass is 9.89. The van der Waals surface area contributed by atoms with Crippen LogP contribution in [0, 0.1) is 5.92 Å². The highest BCUT2D eigenvalue weighted by atomic mass is 32.2. The van der Waals surface area contributed by atoms with Crippen molar-refractivity contribution in [1.29, 1.82) is 0 Å². The quantitative estimate of drug-likeness (QED) is 0.448. The molecule has 0 N–H and O–H groups in total. The molecular weight excluding hydrogens is 422 g/mol. The molecule has 1 heterocycles. The van der Waals surface area contributed by atoms with Crippen LogP contribution in [-0.2, 0) is 34.5 Å². The van der Waals surface area contributed by atoms with Gasteiger partial charge in [0, 0.05) is 22.8 Å². The van der Waals surface area contributed by atoms with E-state index in [2.05, 4.69) is 46.7 Å². The van der Waals surface area contributed by atoms with E-state index in [-0.39, 0.29) is 11.9 Å². The van der Waals surface area contributed by atoms with E-state index in [1.54, 1.807) is 4.68 Å². The minimum absolute atomic E-state index is 0.0311. The molecule has 32 heavy (non-hydrogen) atoms. The molecule has 0 spiro atoms. The number of carbonyl (C=O) groups excluding carboxylic acids is 1. The second-order valence-electron chi connectivity index (χ2n) is 8.14. The van der Waals surface area contributed by atoms with Gasteiger partial charge in [-0.25, -0.2) is 4.68 Å². The molecule has 7 heteroatoms. The first-order valence-corrected chi connectivity index (χ1v) is 11.9. The molecule has 1 fully saturated rings. The van der Waals surface area contributed by atoms with E-state index >= 15 is 0 Å². The van der Waals surface area contributed by atoms with Crippen LogP contribution in [-0.4, -0.2) is 33.3 Å². The van der Waals surface area contributed by atoms with Gasteiger partial charge >= 0.3 is 5.97 Å². The number of aromatic nitrogens is 3. The van der Waals surface area contributed by atoms with Crippen LogP contribution in [0.15, 0.2) is 59.5 Å². The maximum absolute atomic E-state index is 11.9. The molecule has 0 aliphatic heterocycles. The summed E-state index contributed by atoms with van der Waals surface area (Å²) in [5.41, 5.74) is 3.97. The smallest absolute Gasteiger partial charge is 0.308 e. The molecule has 1 saturated carbocycles. The molecule has 0 unspecified atom stereocenters. The molecular formula is C25H29N3O3S. The number of hydrogen-bond donors (Lipinski definition) is 0. The van der Waals surface area contributed by atoms with Gasteiger partial charge in [-0.05, 0) is 37.0 Å². The Morgan fingerprint density at radius 3 is 2.62 bits per heavy atom. The summed E-state index contributed by atoms with van der Waals surface area (Å²) >= 11 is 1.85. The van der Waals surface area contributed by atoms with Gasteiger partial charge in [0.05, 0.1) is 31.9 Å². The molecule has 6 nitrogen and oxygen atoms in total. The van der Waals surface area contributed by atoms with E-state index in [1.807, 2.05) is 37.0 Å². The van der Waals surface area contributed by atoms with Crippen LogP contribution in [0.25, 0.3) is 11.3 Å². The largest absolute Gasteiger partial charge is 0.469 e. The van der Waals surface area contributed by atoms with Crippen LogP contribution in [0.1, 0.15) is 36.9 Å². The lowest BCUT2D eigenvalue weighted by molar-refractivity contribution is -0.146. The Hall–Kier alpha value is -2.64. The van der Waals surface area contributed by atoms with Crippen molar-refractivity contribution in [2.45, 2.75) is 49.0 Å². The number of methoxy groups -OCH3 is 1. The van der Waals surface area contributed by atoms with Gasteiger partial charge in [-0.15, -0.1) is 16.9 Å². The number of nitrogens with zero attached hydrogens (tertiary/aromatic N) is 3. The number of rotatable bonds is 8. The Morgan fingerprint density at radius 2 is 1.88 bits per heavy atom. The van der Waals surface area contributed by atoms with Gasteiger partial charge in [0.2, 0.25) is 0 Å². The fourth-order valence-corrected chi connectivity index (χ4v) is 5.41. The first-order valence-electron chi connectivity index (χ1n) is 11.0. The summed E-state index contributed by atoms with van der Waals surface area (Å²) in [5, 5.41) is 9.02. The third kappa shape index (κ3) is 5.58. The Kier molecular flexibility index (Phi) is 7.60. The van der Waals surface area contributed by atoms with E-state index in [1.165, 1.54) is 12.0 Å². The minimum Gasteiger partial charge on any atom is -0.469 e. The van der Waals surface area contributed by atoms with E-state index in [0.29, 0.717) is 18.5 Å². The van der Waals surface area contributed by atoms with Crippen molar-refractivity contribution < 1.29 is 14.3 Å². The van der Waals surface area contributed by atoms with Crippen molar-refractivity contribution in [2.24, 2.45) is 13.0 Å². The average molecular weight is 452 g/mol. The molecule has 0 bridgehead atoms. The van der Waals surface area contributed by atoms with Crippen molar-refractivity contribution in [3.8, 4) is 11.3 Å². The highest BCUT2D eigenvalue weighted by molar-refractivity contribution is 8.00. The summed E-state index contributed by atoms with van der Waals surface area (Å²) in [5.74, 6) is -0.0427. The fourth-order valence-electron chi connectivity index (χ4n) is 4.12. The second-order valence-corrected chi connectivity index (χ2v) is 9.51. The van der Waals surface area contributed by atoms with Crippen molar-refractivity contribution in [3.05, 3.63) is 65.9 Å². The van der Waals surface area contributed by atoms with Crippen LogP contribution in [0.5, 0.6) is 0 Å². The number of carbonyl (C=O) groups is 1. The molecule has 2 aromatic carbocycles. The normalized spacial score (nSPS) is 18.4. The molecule has 0 radical (unpaired) electrons. The number of hydrogen-bond acceptors (Lipinski definition) is 6. The lowest BCUT2D eigenvalue weighted by Crippen LogP contribution is -2.25. The van der Waals surface area contributed by atoms with Gasteiger partial charge < -0.3 is 9.47 Å². The summed E-state index contributed by atoms with van der Waals surface area (Å²) in [6.45, 7) is 0.996. The van der Waals surface area contributed by atoms with Crippen molar-refractivity contribution in [3.63, 3.8) is 0 Å². The Balaban J connectivity index is 1.38. The maximum atomic E-state index is 11.9. The zero-order chi connectivity index (χ0) is 22.3. The van der Waals surface area contributed by atoms with E-state index < -0.39 is 0 Å². The zero-order valence-corrected chi connectivity index (χ0v) is 19.4. The average Bonchev–Trinajstić information content (AvgIpc) is 3.20. The molecule has 1 aliphatic rings. The summed E-state index contributed by atoms with van der Waals surface area (Å²) in [7, 11) is 3.37. The summed E-state index contributed by atoms with van der Waals surface area (Å²) < 4.78 is 12.6. The van der Waals surface area contributed by atoms with Gasteiger partial charge in [0.25, 0.3) is 0 Å². The summed E-state index contributed by atoms with van der Waals surface area (Å²) in [6, 6.07) is 18.6. The molecule has 1 aliphatic carbocycles. The summed E-state index contributed by atoms with van der Waals surface area (Å²) in [4.78, 5) is 13.1. The monoisotopic (exact) mass is 451 g/mol. The Bertz CT molecular complexity index is 1020. The number of benzene rings is 2. The molecule has 3 aromatic rings. The van der Waals surface area contributed by atoms with Gasteiger partial charge in [-0.2, -0.15) is 0 Å². The standard InChI is InChI=1S/C25H29N3O3S/c1-28-23(17-31-16-18-7-4-3-5-8-18)24(26-27-28)19-11-13-21(14-12-19)32-22-10-6-9-20(15-22)25(29)30-2/h3-5,7-8,11-14,20,22H,6,9-10,15-17H2,1-2H3/t20-,22-/m0/s1. The Morgan fingerprint density at radius 1 is 1.09 bits per heavy atom. The van der Waals surface area contributed by atoms with Gasteiger partial charge in [-0.3, -0.25) is 4.79 Å². The molecule has 4 rings (SSSR count). The molecule has 0 saturated heterocycles. The molecule has 2 atom stereocenters. The number of ether oxygens (including phenoxy) is 2. The van der Waals surface area contributed by atoms with Gasteiger partial charge in [0.1, 0.15) is 5.69 Å².